The first kappa shape index (κ1) is 14.0. The Balaban J connectivity index is 3.25. The number of benzene rings is 1. The van der Waals surface area contributed by atoms with Gasteiger partial charge in [0.25, 0.3) is 0 Å². The number of hydrogen-bond acceptors (Lipinski definition) is 3. The number of methoxy groups -OCH3 is 1. The Morgan fingerprint density at radius 2 is 1.82 bits per heavy atom. The van der Waals surface area contributed by atoms with Gasteiger partial charge >= 0.3 is 0 Å². The maximum atomic E-state index is 6.17. The van der Waals surface area contributed by atoms with E-state index in [9.17, 15) is 0 Å². The Bertz CT molecular complexity index is 380. The molecule has 3 nitrogen and oxygen atoms in total. The van der Waals surface area contributed by atoms with E-state index in [2.05, 4.69) is 32.9 Å². The molecule has 0 saturated carbocycles. The van der Waals surface area contributed by atoms with Crippen LogP contribution in [0.2, 0.25) is 0 Å². The van der Waals surface area contributed by atoms with Gasteiger partial charge in [0.1, 0.15) is 5.75 Å². The van der Waals surface area contributed by atoms with Crippen LogP contribution in [0.5, 0.6) is 5.75 Å². The smallest absolute Gasteiger partial charge is 0.124 e. The molecule has 0 bridgehead atoms. The van der Waals surface area contributed by atoms with Crippen LogP contribution in [-0.2, 0) is 5.41 Å². The Morgan fingerprint density at radius 3 is 2.24 bits per heavy atom. The maximum absolute atomic E-state index is 6.17. The third kappa shape index (κ3) is 3.20. The van der Waals surface area contributed by atoms with Gasteiger partial charge in [-0.3, -0.25) is 4.90 Å². The average molecular weight is 236 g/mol. The van der Waals surface area contributed by atoms with Crippen molar-refractivity contribution in [3.05, 3.63) is 29.3 Å². The first-order chi connectivity index (χ1) is 7.77. The number of nitrogens with zero attached hydrogens (tertiary/aromatic N) is 1. The van der Waals surface area contributed by atoms with Crippen molar-refractivity contribution in [3.63, 3.8) is 0 Å². The molecule has 0 aliphatic rings. The molecular weight excluding hydrogens is 212 g/mol. The molecule has 0 fully saturated rings. The van der Waals surface area contributed by atoms with Crippen molar-refractivity contribution in [2.75, 3.05) is 21.2 Å². The number of hydrogen-bond donors (Lipinski definition) is 1. The summed E-state index contributed by atoms with van der Waals surface area (Å²) in [5.74, 6) is 0.846. The molecule has 1 rings (SSSR count). The van der Waals surface area contributed by atoms with E-state index >= 15 is 0 Å². The zero-order valence-corrected chi connectivity index (χ0v) is 11.7. The Morgan fingerprint density at radius 1 is 1.24 bits per heavy atom. The summed E-state index contributed by atoms with van der Waals surface area (Å²) in [6.07, 6.45) is -0.146. The quantitative estimate of drug-likeness (QED) is 0.820. The summed E-state index contributed by atoms with van der Waals surface area (Å²) in [4.78, 5) is 1.98. The van der Waals surface area contributed by atoms with E-state index in [0.29, 0.717) is 0 Å². The molecule has 0 radical (unpaired) electrons. The van der Waals surface area contributed by atoms with Gasteiger partial charge in [0.2, 0.25) is 0 Å². The molecule has 1 unspecified atom stereocenters. The summed E-state index contributed by atoms with van der Waals surface area (Å²) in [6.45, 7) is 6.58. The van der Waals surface area contributed by atoms with Gasteiger partial charge < -0.3 is 10.5 Å². The van der Waals surface area contributed by atoms with E-state index in [1.807, 2.05) is 25.1 Å². The highest BCUT2D eigenvalue weighted by atomic mass is 16.5. The van der Waals surface area contributed by atoms with E-state index in [0.717, 1.165) is 11.3 Å². The fraction of sp³-hybridized carbons (Fsp3) is 0.571. The first-order valence-electron chi connectivity index (χ1n) is 5.88. The summed E-state index contributed by atoms with van der Waals surface area (Å²) >= 11 is 0. The number of ether oxygens (including phenoxy) is 1. The van der Waals surface area contributed by atoms with Crippen molar-refractivity contribution in [1.29, 1.82) is 0 Å². The van der Waals surface area contributed by atoms with Crippen LogP contribution in [0.15, 0.2) is 18.2 Å². The van der Waals surface area contributed by atoms with E-state index in [4.69, 9.17) is 10.5 Å². The normalized spacial score (nSPS) is 13.9. The van der Waals surface area contributed by atoms with Crippen molar-refractivity contribution in [2.24, 2.45) is 5.73 Å². The van der Waals surface area contributed by atoms with Crippen molar-refractivity contribution in [3.8, 4) is 5.75 Å². The molecular formula is C14H24N2O. The van der Waals surface area contributed by atoms with Gasteiger partial charge in [0, 0.05) is 5.56 Å². The Labute approximate surface area is 105 Å². The summed E-state index contributed by atoms with van der Waals surface area (Å²) in [5.41, 5.74) is 8.59. The van der Waals surface area contributed by atoms with Gasteiger partial charge in [-0.2, -0.15) is 0 Å². The van der Waals surface area contributed by atoms with Gasteiger partial charge in [-0.25, -0.2) is 0 Å². The minimum Gasteiger partial charge on any atom is -0.496 e. The van der Waals surface area contributed by atoms with Crippen molar-refractivity contribution in [2.45, 2.75) is 32.4 Å². The molecule has 1 atom stereocenters. The van der Waals surface area contributed by atoms with Crippen LogP contribution in [0, 0.1) is 0 Å². The van der Waals surface area contributed by atoms with E-state index < -0.39 is 0 Å². The lowest BCUT2D eigenvalue weighted by Crippen LogP contribution is -2.28. The topological polar surface area (TPSA) is 38.5 Å². The molecule has 96 valence electrons. The molecule has 1 aromatic carbocycles. The third-order valence-electron chi connectivity index (χ3n) is 2.97. The van der Waals surface area contributed by atoms with Crippen LogP contribution in [0.25, 0.3) is 0 Å². The predicted octanol–water partition coefficient (Wildman–Crippen LogP) is 2.51. The zero-order chi connectivity index (χ0) is 13.2. The fourth-order valence-electron chi connectivity index (χ4n) is 1.71. The van der Waals surface area contributed by atoms with Crippen LogP contribution in [-0.4, -0.2) is 26.1 Å². The van der Waals surface area contributed by atoms with E-state index in [1.165, 1.54) is 5.56 Å². The van der Waals surface area contributed by atoms with Gasteiger partial charge in [-0.05, 0) is 37.2 Å². The van der Waals surface area contributed by atoms with Crippen LogP contribution < -0.4 is 10.5 Å². The second-order valence-electron chi connectivity index (χ2n) is 5.62. The molecule has 17 heavy (non-hydrogen) atoms. The third-order valence-corrected chi connectivity index (χ3v) is 2.97. The van der Waals surface area contributed by atoms with Gasteiger partial charge in [0.15, 0.2) is 0 Å². The van der Waals surface area contributed by atoms with Gasteiger partial charge in [0.05, 0.1) is 13.3 Å². The summed E-state index contributed by atoms with van der Waals surface area (Å²) in [5, 5.41) is 0. The summed E-state index contributed by atoms with van der Waals surface area (Å²) in [7, 11) is 5.61. The minimum absolute atomic E-state index is 0.118. The monoisotopic (exact) mass is 236 g/mol. The average Bonchev–Trinajstić information content (AvgIpc) is 2.25. The largest absolute Gasteiger partial charge is 0.496 e. The molecule has 0 heterocycles. The standard InChI is InChI=1S/C14H24N2O/c1-14(2,3)10-7-8-12(17-6)11(9-10)13(15)16(4)5/h7-9,13H,15H2,1-6H3. The highest BCUT2D eigenvalue weighted by Gasteiger charge is 2.19. The Hall–Kier alpha value is -1.06. The molecule has 0 aliphatic carbocycles. The maximum Gasteiger partial charge on any atom is 0.124 e. The molecule has 1 aromatic rings. The van der Waals surface area contributed by atoms with Crippen molar-refractivity contribution >= 4 is 0 Å². The fourth-order valence-corrected chi connectivity index (χ4v) is 1.71. The molecule has 2 N–H and O–H groups in total. The van der Waals surface area contributed by atoms with Crippen LogP contribution >= 0.6 is 0 Å². The van der Waals surface area contributed by atoms with Crippen molar-refractivity contribution in [1.82, 2.24) is 4.90 Å². The highest BCUT2D eigenvalue weighted by Crippen LogP contribution is 2.31. The van der Waals surface area contributed by atoms with Gasteiger partial charge in [-0.15, -0.1) is 0 Å². The first-order valence-corrected chi connectivity index (χ1v) is 5.88. The van der Waals surface area contributed by atoms with Crippen LogP contribution in [0.3, 0.4) is 0 Å². The van der Waals surface area contributed by atoms with E-state index in [-0.39, 0.29) is 11.6 Å². The summed E-state index contributed by atoms with van der Waals surface area (Å²) < 4.78 is 5.38. The van der Waals surface area contributed by atoms with Gasteiger partial charge in [-0.1, -0.05) is 26.8 Å². The molecule has 3 heteroatoms. The minimum atomic E-state index is -0.146. The lowest BCUT2D eigenvalue weighted by atomic mass is 9.85. The van der Waals surface area contributed by atoms with E-state index in [1.54, 1.807) is 7.11 Å². The lowest BCUT2D eigenvalue weighted by Gasteiger charge is -2.26. The number of nitrogens with two attached hydrogens (primary N) is 1. The second kappa shape index (κ2) is 5.07. The molecule has 0 amide bonds. The summed E-state index contributed by atoms with van der Waals surface area (Å²) in [6, 6.07) is 6.24. The zero-order valence-electron chi connectivity index (χ0n) is 11.7. The van der Waals surface area contributed by atoms with Crippen LogP contribution in [0.1, 0.15) is 38.1 Å². The highest BCUT2D eigenvalue weighted by molar-refractivity contribution is 5.41. The molecule has 0 spiro atoms. The van der Waals surface area contributed by atoms with Crippen molar-refractivity contribution < 1.29 is 4.74 Å². The Kier molecular flexibility index (Phi) is 4.17. The second-order valence-corrected chi connectivity index (χ2v) is 5.62. The number of rotatable bonds is 3. The molecule has 0 aliphatic heterocycles. The predicted molar refractivity (Wildman–Crippen MR) is 72.3 cm³/mol. The SMILES string of the molecule is COc1ccc(C(C)(C)C)cc1C(N)N(C)C. The molecule has 0 saturated heterocycles. The van der Waals surface area contributed by atoms with Crippen LogP contribution in [0.4, 0.5) is 0 Å². The molecule has 0 aromatic heterocycles. The lowest BCUT2D eigenvalue weighted by molar-refractivity contribution is 0.295.